The minimum atomic E-state index is -0.657. The molecule has 4 N–H and O–H groups in total. The minimum Gasteiger partial charge on any atom is -0.453 e. The smallest absolute Gasteiger partial charge is 0.407 e. The Labute approximate surface area is 251 Å². The van der Waals surface area contributed by atoms with Crippen molar-refractivity contribution in [2.24, 2.45) is 5.92 Å². The molecule has 0 unspecified atom stereocenters. The highest BCUT2D eigenvalue weighted by molar-refractivity contribution is 5.86. The molecular weight excluding hydrogens is 542 g/mol. The number of carbonyl (C=O) groups excluding carboxylic acids is 2. The number of hydrogen-bond donors (Lipinski definition) is 4. The number of aromatic nitrogens is 4. The van der Waals surface area contributed by atoms with Crippen LogP contribution < -0.4 is 10.6 Å². The Morgan fingerprint density at radius 2 is 1.44 bits per heavy atom. The average molecular weight is 582 g/mol. The molecule has 2 aromatic heterocycles. The predicted molar refractivity (Wildman–Crippen MR) is 165 cm³/mol. The molecule has 0 radical (unpaired) electrons. The van der Waals surface area contributed by atoms with Crippen LogP contribution in [0.5, 0.6) is 0 Å². The molecule has 10 heteroatoms. The van der Waals surface area contributed by atoms with Crippen LogP contribution in [0.3, 0.4) is 0 Å². The number of carbonyl (C=O) groups is 2. The minimum absolute atomic E-state index is 0.0767. The fourth-order valence-corrected chi connectivity index (χ4v) is 6.11. The highest BCUT2D eigenvalue weighted by Crippen LogP contribution is 2.33. The van der Waals surface area contributed by atoms with Gasteiger partial charge in [0.25, 0.3) is 0 Å². The van der Waals surface area contributed by atoms with Crippen molar-refractivity contribution in [1.29, 1.82) is 0 Å². The molecule has 0 spiro atoms. The van der Waals surface area contributed by atoms with Gasteiger partial charge in [-0.05, 0) is 60.4 Å². The molecule has 4 heterocycles. The molecule has 2 aliphatic heterocycles. The van der Waals surface area contributed by atoms with Gasteiger partial charge in [-0.1, -0.05) is 62.4 Å². The number of benzene rings is 2. The zero-order chi connectivity index (χ0) is 29.9. The van der Waals surface area contributed by atoms with Crippen molar-refractivity contribution in [2.75, 3.05) is 20.2 Å². The van der Waals surface area contributed by atoms with Gasteiger partial charge in [-0.2, -0.15) is 0 Å². The van der Waals surface area contributed by atoms with E-state index < -0.39 is 12.1 Å². The summed E-state index contributed by atoms with van der Waals surface area (Å²) >= 11 is 0. The number of nitrogens with zero attached hydrogens (tertiary/aromatic N) is 3. The number of aromatic amines is 2. The molecule has 2 saturated heterocycles. The first-order chi connectivity index (χ1) is 20.9. The number of likely N-dealkylation sites (tertiary alicyclic amines) is 1. The van der Waals surface area contributed by atoms with E-state index in [4.69, 9.17) is 4.74 Å². The Kier molecular flexibility index (Phi) is 8.29. The third kappa shape index (κ3) is 6.06. The SMILES string of the molecule is COC(=O)N[C@H](C(=O)N1CCC[C@H]1c1ncc(-c2ccc(-c3ccc(-c4cnc([C@@H]5CCCN5)[nH]4)cc3)cc2)[nH]1)C(C)C. The third-order valence-electron chi connectivity index (χ3n) is 8.55. The van der Waals surface area contributed by atoms with Crippen LogP contribution in [0.4, 0.5) is 4.79 Å². The van der Waals surface area contributed by atoms with E-state index in [9.17, 15) is 9.59 Å². The van der Waals surface area contributed by atoms with E-state index in [0.29, 0.717) is 12.6 Å². The van der Waals surface area contributed by atoms with Gasteiger partial charge in [0.05, 0.1) is 43.0 Å². The lowest BCUT2D eigenvalue weighted by Gasteiger charge is -2.30. The summed E-state index contributed by atoms with van der Waals surface area (Å²) < 4.78 is 4.74. The van der Waals surface area contributed by atoms with Crippen LogP contribution in [0.1, 0.15) is 63.3 Å². The normalized spacial score (nSPS) is 19.1. The number of amides is 2. The lowest BCUT2D eigenvalue weighted by molar-refractivity contribution is -0.135. The van der Waals surface area contributed by atoms with Crippen LogP contribution in [0.2, 0.25) is 0 Å². The van der Waals surface area contributed by atoms with Crippen molar-refractivity contribution < 1.29 is 14.3 Å². The predicted octanol–water partition coefficient (Wildman–Crippen LogP) is 5.60. The number of ether oxygens (including phenoxy) is 1. The first-order valence-electron chi connectivity index (χ1n) is 15.1. The molecule has 0 saturated carbocycles. The number of imidazole rings is 2. The number of alkyl carbamates (subject to hydrolysis) is 1. The van der Waals surface area contributed by atoms with Crippen LogP contribution in [0.25, 0.3) is 33.6 Å². The fraction of sp³-hybridized carbons (Fsp3) is 0.394. The van der Waals surface area contributed by atoms with Gasteiger partial charge in [-0.25, -0.2) is 14.8 Å². The molecule has 3 atom stereocenters. The van der Waals surface area contributed by atoms with E-state index in [2.05, 4.69) is 79.1 Å². The molecule has 0 aliphatic carbocycles. The standard InChI is InChI=1S/C33H39N7O3/c1-20(2)29(39-33(42)43-3)32(41)40-17-5-7-28(40)31-36-19-27(38-31)24-14-10-22(11-15-24)21-8-12-23(13-9-21)26-18-35-30(37-26)25-6-4-16-34-25/h8-15,18-20,25,28-29,34H,4-7,16-17H2,1-3H3,(H,35,37)(H,36,38)(H,39,42)/t25-,28-,29-/m0/s1. The average Bonchev–Trinajstić information content (AvgIpc) is 3.86. The van der Waals surface area contributed by atoms with Gasteiger partial charge in [0.1, 0.15) is 17.7 Å². The zero-order valence-corrected chi connectivity index (χ0v) is 24.9. The topological polar surface area (TPSA) is 128 Å². The number of nitrogens with one attached hydrogen (secondary N) is 4. The fourth-order valence-electron chi connectivity index (χ4n) is 6.11. The Balaban J connectivity index is 1.13. The summed E-state index contributed by atoms with van der Waals surface area (Å²) in [4.78, 5) is 43.3. The van der Waals surface area contributed by atoms with Gasteiger partial charge in [0.2, 0.25) is 5.91 Å². The summed E-state index contributed by atoms with van der Waals surface area (Å²) in [7, 11) is 1.30. The van der Waals surface area contributed by atoms with Crippen molar-refractivity contribution in [3.63, 3.8) is 0 Å². The van der Waals surface area contributed by atoms with E-state index in [-0.39, 0.29) is 17.9 Å². The molecule has 10 nitrogen and oxygen atoms in total. The van der Waals surface area contributed by atoms with Crippen LogP contribution in [0.15, 0.2) is 60.9 Å². The first-order valence-corrected chi connectivity index (χ1v) is 15.1. The largest absolute Gasteiger partial charge is 0.453 e. The molecule has 2 aromatic carbocycles. The van der Waals surface area contributed by atoms with E-state index in [1.807, 2.05) is 31.1 Å². The van der Waals surface area contributed by atoms with E-state index >= 15 is 0 Å². The lowest BCUT2D eigenvalue weighted by atomic mass is 10.0. The van der Waals surface area contributed by atoms with E-state index in [0.717, 1.165) is 71.1 Å². The monoisotopic (exact) mass is 581 g/mol. The summed E-state index contributed by atoms with van der Waals surface area (Å²) in [5.41, 5.74) is 6.33. The van der Waals surface area contributed by atoms with Crippen molar-refractivity contribution in [2.45, 2.75) is 57.7 Å². The van der Waals surface area contributed by atoms with Crippen LogP contribution in [-0.2, 0) is 9.53 Å². The molecule has 0 bridgehead atoms. The van der Waals surface area contributed by atoms with Crippen LogP contribution in [0, 0.1) is 5.92 Å². The second kappa shape index (κ2) is 12.4. The number of hydrogen-bond acceptors (Lipinski definition) is 6. The lowest BCUT2D eigenvalue weighted by Crippen LogP contribution is -2.51. The molecule has 4 aromatic rings. The Hall–Kier alpha value is -4.44. The Morgan fingerprint density at radius 1 is 0.860 bits per heavy atom. The summed E-state index contributed by atoms with van der Waals surface area (Å²) in [5, 5.41) is 6.19. The third-order valence-corrected chi connectivity index (χ3v) is 8.55. The Morgan fingerprint density at radius 3 is 2.00 bits per heavy atom. The first kappa shape index (κ1) is 28.7. The highest BCUT2D eigenvalue weighted by Gasteiger charge is 2.37. The maximum atomic E-state index is 13.4. The van der Waals surface area contributed by atoms with Gasteiger partial charge in [0, 0.05) is 6.54 Å². The molecule has 2 amide bonds. The molecule has 2 fully saturated rings. The van der Waals surface area contributed by atoms with Gasteiger partial charge >= 0.3 is 6.09 Å². The summed E-state index contributed by atoms with van der Waals surface area (Å²) in [6.45, 7) is 5.50. The van der Waals surface area contributed by atoms with E-state index in [1.165, 1.54) is 13.5 Å². The quantitative estimate of drug-likeness (QED) is 0.214. The molecule has 2 aliphatic rings. The number of rotatable bonds is 8. The maximum absolute atomic E-state index is 13.4. The highest BCUT2D eigenvalue weighted by atomic mass is 16.5. The van der Waals surface area contributed by atoms with Crippen LogP contribution >= 0.6 is 0 Å². The van der Waals surface area contributed by atoms with Gasteiger partial charge in [-0.3, -0.25) is 4.79 Å². The van der Waals surface area contributed by atoms with Crippen molar-refractivity contribution in [3.05, 3.63) is 72.6 Å². The van der Waals surface area contributed by atoms with Crippen molar-refractivity contribution in [3.8, 4) is 33.6 Å². The van der Waals surface area contributed by atoms with E-state index in [1.54, 1.807) is 0 Å². The van der Waals surface area contributed by atoms with Gasteiger partial charge in [0.15, 0.2) is 0 Å². The second-order valence-electron chi connectivity index (χ2n) is 11.7. The summed E-state index contributed by atoms with van der Waals surface area (Å²) in [5.74, 6) is 1.57. The Bertz CT molecular complexity index is 1550. The maximum Gasteiger partial charge on any atom is 0.407 e. The number of methoxy groups -OCH3 is 1. The second-order valence-corrected chi connectivity index (χ2v) is 11.7. The van der Waals surface area contributed by atoms with Gasteiger partial charge in [-0.15, -0.1) is 0 Å². The molecule has 224 valence electrons. The van der Waals surface area contributed by atoms with Crippen molar-refractivity contribution in [1.82, 2.24) is 35.5 Å². The molecular formula is C33H39N7O3. The molecule has 6 rings (SSSR count). The van der Waals surface area contributed by atoms with Crippen molar-refractivity contribution >= 4 is 12.0 Å². The van der Waals surface area contributed by atoms with Gasteiger partial charge < -0.3 is 30.2 Å². The number of H-pyrrole nitrogens is 2. The zero-order valence-electron chi connectivity index (χ0n) is 24.9. The summed E-state index contributed by atoms with van der Waals surface area (Å²) in [6, 6.07) is 16.4. The molecule has 43 heavy (non-hydrogen) atoms. The summed E-state index contributed by atoms with van der Waals surface area (Å²) in [6.07, 6.45) is 7.14. The van der Waals surface area contributed by atoms with Crippen LogP contribution in [-0.4, -0.2) is 63.1 Å².